The van der Waals surface area contributed by atoms with E-state index in [0.29, 0.717) is 0 Å². The van der Waals surface area contributed by atoms with Crippen molar-refractivity contribution in [3.05, 3.63) is 64.5 Å². The molecule has 0 saturated carbocycles. The molecule has 0 spiro atoms. The van der Waals surface area contributed by atoms with Crippen molar-refractivity contribution in [3.63, 3.8) is 0 Å². The Morgan fingerprint density at radius 1 is 0.917 bits per heavy atom. The van der Waals surface area contributed by atoms with Crippen molar-refractivity contribution in [1.82, 2.24) is 4.58 Å². The van der Waals surface area contributed by atoms with E-state index in [4.69, 9.17) is 16.0 Å². The Morgan fingerprint density at radius 3 is 2.42 bits per heavy atom. The van der Waals surface area contributed by atoms with E-state index in [1.807, 2.05) is 24.3 Å². The molecule has 1 aliphatic rings. The van der Waals surface area contributed by atoms with Gasteiger partial charge in [-0.05, 0) is 49.7 Å². The molecule has 0 amide bonds. The third-order valence-corrected chi connectivity index (χ3v) is 4.98. The highest BCUT2D eigenvalue weighted by atomic mass is 35.5. The molecule has 3 aromatic rings. The summed E-state index contributed by atoms with van der Waals surface area (Å²) >= 11 is 6.03. The lowest BCUT2D eigenvalue weighted by Crippen LogP contribution is -2.35. The van der Waals surface area contributed by atoms with Gasteiger partial charge in [0.1, 0.15) is 24.4 Å². The minimum absolute atomic E-state index is 0.742. The van der Waals surface area contributed by atoms with Crippen LogP contribution in [0.3, 0.4) is 0 Å². The first-order valence-electron chi connectivity index (χ1n) is 8.59. The lowest BCUT2D eigenvalue weighted by Gasteiger charge is -2.11. The Labute approximate surface area is 147 Å². The number of piperidine rings is 1. The number of hydrogen-bond donors (Lipinski definition) is 0. The fraction of sp³-hybridized carbons (Fsp3) is 0.286. The maximum atomic E-state index is 6.20. The third-order valence-electron chi connectivity index (χ3n) is 4.72. The van der Waals surface area contributed by atoms with Gasteiger partial charge >= 0.3 is 0 Å². The predicted molar refractivity (Wildman–Crippen MR) is 100 cm³/mol. The normalized spacial score (nSPS) is 15.0. The Hall–Kier alpha value is -2.06. The highest BCUT2D eigenvalue weighted by molar-refractivity contribution is 6.30. The zero-order valence-electron chi connectivity index (χ0n) is 13.9. The first kappa shape index (κ1) is 15.5. The number of aryl methyl sites for hydroxylation is 1. The van der Waals surface area contributed by atoms with Crippen LogP contribution in [0.5, 0.6) is 0 Å². The summed E-state index contributed by atoms with van der Waals surface area (Å²) in [5.41, 5.74) is 3.25. The molecule has 0 N–H and O–H groups in total. The molecule has 122 valence electrons. The van der Waals surface area contributed by atoms with Crippen molar-refractivity contribution >= 4 is 22.6 Å². The van der Waals surface area contributed by atoms with Crippen molar-refractivity contribution < 1.29 is 4.42 Å². The van der Waals surface area contributed by atoms with Gasteiger partial charge in [-0.2, -0.15) is 0 Å². The molecule has 2 nitrogen and oxygen atoms in total. The molecule has 0 aliphatic carbocycles. The van der Waals surface area contributed by atoms with Crippen LogP contribution in [0, 0.1) is 6.92 Å². The summed E-state index contributed by atoms with van der Waals surface area (Å²) in [7, 11) is 0. The van der Waals surface area contributed by atoms with Gasteiger partial charge in [0.2, 0.25) is 5.36 Å². The summed E-state index contributed by atoms with van der Waals surface area (Å²) in [6.07, 6.45) is 3.85. The average molecular weight is 339 g/mol. The molecule has 0 unspecified atom stereocenters. The van der Waals surface area contributed by atoms with Crippen LogP contribution in [-0.2, 0) is 0 Å². The zero-order valence-corrected chi connectivity index (χ0v) is 14.6. The smallest absolute Gasteiger partial charge is 0.214 e. The minimum Gasteiger partial charge on any atom is -0.456 e. The lowest BCUT2D eigenvalue weighted by molar-refractivity contribution is 0.452. The molecular weight excluding hydrogens is 318 g/mol. The van der Waals surface area contributed by atoms with E-state index in [0.717, 1.165) is 35.0 Å². The lowest BCUT2D eigenvalue weighted by atomic mass is 10.1. The van der Waals surface area contributed by atoms with Crippen LogP contribution in [0.1, 0.15) is 24.8 Å². The standard InChI is InChI=1S/C21H21ClNO/c1-15-5-10-20-18(13-15)19(23-11-3-2-4-12-23)14-21(24-20)16-6-8-17(22)9-7-16/h5-10,13-14H,2-4,11-12H2,1H3/q+1. The third kappa shape index (κ3) is 2.99. The van der Waals surface area contributed by atoms with Gasteiger partial charge in [-0.3, -0.25) is 0 Å². The molecule has 1 aromatic heterocycles. The topological polar surface area (TPSA) is 16.1 Å². The van der Waals surface area contributed by atoms with Gasteiger partial charge < -0.3 is 4.42 Å². The molecule has 24 heavy (non-hydrogen) atoms. The molecule has 2 aromatic carbocycles. The van der Waals surface area contributed by atoms with Crippen molar-refractivity contribution in [3.8, 4) is 11.3 Å². The van der Waals surface area contributed by atoms with E-state index in [1.54, 1.807) is 0 Å². The number of fused-ring (bicyclic) bond motifs is 1. The quantitative estimate of drug-likeness (QED) is 0.569. The van der Waals surface area contributed by atoms with Gasteiger partial charge in [0.25, 0.3) is 0 Å². The number of halogens is 1. The monoisotopic (exact) mass is 338 g/mol. The summed E-state index contributed by atoms with van der Waals surface area (Å²) in [6.45, 7) is 4.37. The Bertz CT molecular complexity index is 946. The first-order chi connectivity index (χ1) is 11.7. The fourth-order valence-corrected chi connectivity index (χ4v) is 3.56. The summed E-state index contributed by atoms with van der Waals surface area (Å²) in [6, 6.07) is 16.5. The Kier molecular flexibility index (Phi) is 4.15. The second-order valence-corrected chi connectivity index (χ2v) is 6.99. The second kappa shape index (κ2) is 6.45. The molecule has 1 fully saturated rings. The van der Waals surface area contributed by atoms with E-state index in [-0.39, 0.29) is 0 Å². The van der Waals surface area contributed by atoms with Gasteiger partial charge in [-0.15, -0.1) is 0 Å². The zero-order chi connectivity index (χ0) is 16.5. The maximum absolute atomic E-state index is 6.20. The Morgan fingerprint density at radius 2 is 1.67 bits per heavy atom. The van der Waals surface area contributed by atoms with E-state index in [1.165, 1.54) is 35.6 Å². The molecular formula is C21H21ClNO+. The number of rotatable bonds is 1. The summed E-state index contributed by atoms with van der Waals surface area (Å²) in [4.78, 5) is 0. The Balaban J connectivity index is 2.00. The summed E-state index contributed by atoms with van der Waals surface area (Å²) < 4.78 is 8.70. The number of benzene rings is 2. The molecule has 0 atom stereocenters. The van der Waals surface area contributed by atoms with Crippen molar-refractivity contribution in [2.24, 2.45) is 0 Å². The van der Waals surface area contributed by atoms with Crippen LogP contribution in [0.2, 0.25) is 5.02 Å². The van der Waals surface area contributed by atoms with Gasteiger partial charge in [0, 0.05) is 23.4 Å². The molecule has 0 bridgehead atoms. The highest BCUT2D eigenvalue weighted by Crippen LogP contribution is 2.24. The molecule has 4 rings (SSSR count). The van der Waals surface area contributed by atoms with Gasteiger partial charge in [-0.25, -0.2) is 4.58 Å². The second-order valence-electron chi connectivity index (χ2n) is 6.55. The average Bonchev–Trinajstić information content (AvgIpc) is 2.62. The van der Waals surface area contributed by atoms with E-state index in [9.17, 15) is 0 Å². The summed E-state index contributed by atoms with van der Waals surface area (Å²) in [5.74, 6) is 0.892. The summed E-state index contributed by atoms with van der Waals surface area (Å²) in [5, 5.41) is 3.23. The van der Waals surface area contributed by atoms with Crippen molar-refractivity contribution in [2.75, 3.05) is 13.1 Å². The van der Waals surface area contributed by atoms with Crippen LogP contribution in [0.4, 0.5) is 0 Å². The van der Waals surface area contributed by atoms with E-state index < -0.39 is 0 Å². The van der Waals surface area contributed by atoms with Gasteiger partial charge in [0.15, 0.2) is 0 Å². The van der Waals surface area contributed by atoms with Crippen molar-refractivity contribution in [1.29, 1.82) is 0 Å². The minimum atomic E-state index is 0.742. The van der Waals surface area contributed by atoms with E-state index in [2.05, 4.69) is 35.8 Å². The van der Waals surface area contributed by atoms with Gasteiger partial charge in [0.05, 0.1) is 11.5 Å². The molecule has 1 saturated heterocycles. The van der Waals surface area contributed by atoms with Crippen LogP contribution in [0.15, 0.2) is 52.9 Å². The SMILES string of the molecule is Cc1ccc2oc(-c3ccc(Cl)cc3)cc(=[N+]3CCCCC3)c2c1. The molecule has 3 heteroatoms. The van der Waals surface area contributed by atoms with Crippen LogP contribution in [-0.4, -0.2) is 13.1 Å². The van der Waals surface area contributed by atoms with Crippen molar-refractivity contribution in [2.45, 2.75) is 26.2 Å². The highest BCUT2D eigenvalue weighted by Gasteiger charge is 2.16. The van der Waals surface area contributed by atoms with Crippen LogP contribution >= 0.6 is 11.6 Å². The van der Waals surface area contributed by atoms with Crippen LogP contribution < -0.4 is 9.93 Å². The molecule has 1 aliphatic heterocycles. The first-order valence-corrected chi connectivity index (χ1v) is 8.97. The molecule has 2 heterocycles. The maximum Gasteiger partial charge on any atom is 0.214 e. The predicted octanol–water partition coefficient (Wildman–Crippen LogP) is 5.02. The van der Waals surface area contributed by atoms with E-state index >= 15 is 0 Å². The largest absolute Gasteiger partial charge is 0.456 e. The fourth-order valence-electron chi connectivity index (χ4n) is 3.44. The number of nitrogens with zero attached hydrogens (tertiary/aromatic N) is 1. The van der Waals surface area contributed by atoms with Crippen LogP contribution in [0.25, 0.3) is 22.3 Å². The van der Waals surface area contributed by atoms with Gasteiger partial charge in [-0.1, -0.05) is 23.2 Å². The number of hydrogen-bond acceptors (Lipinski definition) is 1. The molecule has 0 radical (unpaired) electrons.